The smallest absolute Gasteiger partial charge is 0.478 e. The fraction of sp³-hybridized carbons (Fsp3) is 0.290. The number of hydrazone groups is 1. The van der Waals surface area contributed by atoms with Crippen molar-refractivity contribution in [1.29, 1.82) is 0 Å². The Hall–Kier alpha value is -5.55. The molecule has 1 unspecified atom stereocenters. The molecule has 16 nitrogen and oxygen atoms in total. The predicted molar refractivity (Wildman–Crippen MR) is 178 cm³/mol. The van der Waals surface area contributed by atoms with E-state index < -0.39 is 23.4 Å². The standard InChI is InChI=1S/C31H35N7O9S/c1-3-44-30-34-26-10-6-9-25(29(39)40)27(26)36(30)19-21-11-13-22(14-12-21)23-7-4-5-8-24(23)28(32)35-37(33)20(2)47-31(41)45-15-17-48-18-16-46-38(42)43/h4-14,20H,3,15-19,33H2,1-2H3,(H2,32,35)(H,39,40). The molecule has 0 saturated carbocycles. The number of hydrazine groups is 1. The van der Waals surface area contributed by atoms with Crippen LogP contribution < -0.4 is 16.3 Å². The van der Waals surface area contributed by atoms with Gasteiger partial charge in [-0.15, -0.1) is 15.2 Å². The van der Waals surface area contributed by atoms with Crippen molar-refractivity contribution in [2.45, 2.75) is 26.6 Å². The molecule has 1 aromatic heterocycles. The van der Waals surface area contributed by atoms with E-state index in [1.165, 1.54) is 24.8 Å². The highest BCUT2D eigenvalue weighted by Crippen LogP contribution is 2.28. The number of ether oxygens (including phenoxy) is 3. The van der Waals surface area contributed by atoms with Gasteiger partial charge in [0.25, 0.3) is 11.1 Å². The third kappa shape index (κ3) is 9.26. The normalized spacial score (nSPS) is 11.9. The number of thioether (sulfide) groups is 1. The lowest BCUT2D eigenvalue weighted by Gasteiger charge is -2.21. The molecule has 0 fully saturated rings. The number of hydrogen-bond donors (Lipinski definition) is 3. The first-order chi connectivity index (χ1) is 23.1. The summed E-state index contributed by atoms with van der Waals surface area (Å²) in [7, 11) is 0. The lowest BCUT2D eigenvalue weighted by molar-refractivity contribution is -0.756. The number of nitrogens with two attached hydrogens (primary N) is 2. The highest BCUT2D eigenvalue weighted by molar-refractivity contribution is 7.99. The Bertz CT molecular complexity index is 1770. The SMILES string of the molecule is CCOc1nc2cccc(C(=O)O)c2n1Cc1ccc(-c2ccccc2/C(N)=N/N(N)C(C)OC(=O)OCCSCCO[N+](=O)[O-])cc1. The Morgan fingerprint density at radius 1 is 1.08 bits per heavy atom. The van der Waals surface area contributed by atoms with Crippen LogP contribution >= 0.6 is 11.8 Å². The van der Waals surface area contributed by atoms with Crippen LogP contribution in [0.2, 0.25) is 0 Å². The lowest BCUT2D eigenvalue weighted by Crippen LogP contribution is -2.40. The molecule has 254 valence electrons. The van der Waals surface area contributed by atoms with Crippen molar-refractivity contribution in [3.8, 4) is 17.1 Å². The topological polar surface area (TPSA) is 220 Å². The molecular formula is C31H35N7O9S. The highest BCUT2D eigenvalue weighted by Gasteiger charge is 2.20. The Morgan fingerprint density at radius 3 is 2.50 bits per heavy atom. The number of fused-ring (bicyclic) bond motifs is 1. The van der Waals surface area contributed by atoms with E-state index in [2.05, 4.69) is 14.9 Å². The van der Waals surface area contributed by atoms with E-state index in [1.807, 2.05) is 43.3 Å². The molecule has 0 saturated heterocycles. The van der Waals surface area contributed by atoms with Crippen LogP contribution in [-0.2, 0) is 20.9 Å². The van der Waals surface area contributed by atoms with E-state index in [-0.39, 0.29) is 24.6 Å². The number of aromatic nitrogens is 2. The number of hydrogen-bond acceptors (Lipinski definition) is 13. The van der Waals surface area contributed by atoms with Crippen LogP contribution in [-0.4, -0.2) is 80.4 Å². The van der Waals surface area contributed by atoms with Crippen LogP contribution in [0.3, 0.4) is 0 Å². The fourth-order valence-corrected chi connectivity index (χ4v) is 5.19. The van der Waals surface area contributed by atoms with Crippen molar-refractivity contribution in [2.24, 2.45) is 16.7 Å². The van der Waals surface area contributed by atoms with Gasteiger partial charge in [0, 0.05) is 17.1 Å². The molecule has 0 radical (unpaired) electrons. The number of para-hydroxylation sites is 1. The number of amidine groups is 1. The molecule has 5 N–H and O–H groups in total. The third-order valence-electron chi connectivity index (χ3n) is 6.78. The molecule has 0 aliphatic rings. The van der Waals surface area contributed by atoms with Gasteiger partial charge in [-0.1, -0.05) is 54.6 Å². The molecule has 0 aliphatic heterocycles. The molecule has 1 heterocycles. The van der Waals surface area contributed by atoms with Crippen molar-refractivity contribution in [3.63, 3.8) is 0 Å². The zero-order chi connectivity index (χ0) is 34.6. The zero-order valence-electron chi connectivity index (χ0n) is 26.2. The first-order valence-electron chi connectivity index (χ1n) is 14.7. The lowest BCUT2D eigenvalue weighted by atomic mass is 9.98. The summed E-state index contributed by atoms with van der Waals surface area (Å²) in [5.41, 5.74) is 10.5. The van der Waals surface area contributed by atoms with Crippen LogP contribution in [0.15, 0.2) is 71.8 Å². The van der Waals surface area contributed by atoms with Crippen molar-refractivity contribution in [2.75, 3.05) is 31.3 Å². The summed E-state index contributed by atoms with van der Waals surface area (Å²) in [5.74, 6) is 5.78. The molecule has 1 atom stereocenters. The summed E-state index contributed by atoms with van der Waals surface area (Å²) < 4.78 is 17.6. The van der Waals surface area contributed by atoms with Crippen LogP contribution in [0.1, 0.15) is 35.3 Å². The van der Waals surface area contributed by atoms with Gasteiger partial charge < -0.3 is 29.9 Å². The Morgan fingerprint density at radius 2 is 1.79 bits per heavy atom. The van der Waals surface area contributed by atoms with Crippen LogP contribution in [0, 0.1) is 10.1 Å². The minimum absolute atomic E-state index is 0.0206. The number of nitrogens with zero attached hydrogens (tertiary/aromatic N) is 5. The van der Waals surface area contributed by atoms with Gasteiger partial charge in [-0.05, 0) is 42.7 Å². The molecule has 0 bridgehead atoms. The van der Waals surface area contributed by atoms with Crippen LogP contribution in [0.5, 0.6) is 6.01 Å². The van der Waals surface area contributed by atoms with Gasteiger partial charge in [-0.25, -0.2) is 15.4 Å². The average molecular weight is 682 g/mol. The summed E-state index contributed by atoms with van der Waals surface area (Å²) in [6.45, 7) is 3.97. The third-order valence-corrected chi connectivity index (χ3v) is 7.69. The van der Waals surface area contributed by atoms with E-state index in [0.29, 0.717) is 47.3 Å². The van der Waals surface area contributed by atoms with E-state index >= 15 is 0 Å². The Balaban J connectivity index is 1.42. The first-order valence-corrected chi connectivity index (χ1v) is 15.8. The zero-order valence-corrected chi connectivity index (χ0v) is 27.0. The summed E-state index contributed by atoms with van der Waals surface area (Å²) in [6, 6.07) is 20.2. The molecule has 3 aromatic carbocycles. The highest BCUT2D eigenvalue weighted by atomic mass is 32.2. The molecule has 17 heteroatoms. The van der Waals surface area contributed by atoms with E-state index in [4.69, 9.17) is 25.8 Å². The quantitative estimate of drug-likeness (QED) is 0.0209. The van der Waals surface area contributed by atoms with E-state index in [1.54, 1.807) is 28.8 Å². The number of carboxylic acids is 1. The molecule has 4 rings (SSSR count). The Kier molecular flexibility index (Phi) is 12.4. The second kappa shape index (κ2) is 16.8. The number of benzene rings is 3. The van der Waals surface area contributed by atoms with Crippen molar-refractivity contribution in [3.05, 3.63) is 93.5 Å². The average Bonchev–Trinajstić information content (AvgIpc) is 3.41. The minimum Gasteiger partial charge on any atom is -0.478 e. The summed E-state index contributed by atoms with van der Waals surface area (Å²) in [4.78, 5) is 42.8. The summed E-state index contributed by atoms with van der Waals surface area (Å²) >= 11 is 1.31. The van der Waals surface area contributed by atoms with Gasteiger partial charge in [-0.2, -0.15) is 21.9 Å². The molecule has 0 amide bonds. The monoisotopic (exact) mass is 681 g/mol. The van der Waals surface area contributed by atoms with Crippen LogP contribution in [0.4, 0.5) is 4.79 Å². The van der Waals surface area contributed by atoms with Crippen molar-refractivity contribution < 1.29 is 38.8 Å². The van der Waals surface area contributed by atoms with Crippen molar-refractivity contribution >= 4 is 40.8 Å². The van der Waals surface area contributed by atoms with Gasteiger partial charge in [0.15, 0.2) is 5.84 Å². The fourth-order valence-electron chi connectivity index (χ4n) is 4.60. The molecule has 48 heavy (non-hydrogen) atoms. The molecule has 0 spiro atoms. The number of imidazole rings is 1. The number of aromatic carboxylic acids is 1. The van der Waals surface area contributed by atoms with Crippen molar-refractivity contribution in [1.82, 2.24) is 14.7 Å². The maximum Gasteiger partial charge on any atom is 0.510 e. The second-order valence-corrected chi connectivity index (χ2v) is 11.2. The van der Waals surface area contributed by atoms with Gasteiger partial charge in [0.05, 0.1) is 29.7 Å². The van der Waals surface area contributed by atoms with Gasteiger partial charge in [-0.3, -0.25) is 4.57 Å². The Labute approximate surface area is 279 Å². The number of carboxylic acid groups (broad SMARTS) is 1. The molecule has 4 aromatic rings. The molecule has 0 aliphatic carbocycles. The maximum atomic E-state index is 12.1. The van der Waals surface area contributed by atoms with Crippen LogP contribution in [0.25, 0.3) is 22.2 Å². The maximum absolute atomic E-state index is 12.1. The number of rotatable bonds is 17. The molecular weight excluding hydrogens is 646 g/mol. The van der Waals surface area contributed by atoms with Gasteiger partial charge in [0.2, 0.25) is 6.23 Å². The second-order valence-electron chi connectivity index (χ2n) is 9.98. The van der Waals surface area contributed by atoms with E-state index in [0.717, 1.165) is 21.8 Å². The van der Waals surface area contributed by atoms with E-state index in [9.17, 15) is 24.8 Å². The largest absolute Gasteiger partial charge is 0.510 e. The van der Waals surface area contributed by atoms with Gasteiger partial charge in [0.1, 0.15) is 13.2 Å². The first kappa shape index (κ1) is 35.3. The minimum atomic E-state index is -1.06. The number of carbonyl (C=O) groups excluding carboxylic acids is 1. The van der Waals surface area contributed by atoms with Gasteiger partial charge >= 0.3 is 12.1 Å². The number of carbonyl (C=O) groups is 2. The predicted octanol–water partition coefficient (Wildman–Crippen LogP) is 4.09. The summed E-state index contributed by atoms with van der Waals surface area (Å²) in [6.07, 6.45) is -1.99. The summed E-state index contributed by atoms with van der Waals surface area (Å²) in [5, 5.41) is 24.2.